The van der Waals surface area contributed by atoms with E-state index in [1.165, 1.54) is 0 Å². The summed E-state index contributed by atoms with van der Waals surface area (Å²) in [7, 11) is 0. The first-order valence-electron chi connectivity index (χ1n) is 4.26. The molecule has 0 unspecified atom stereocenters. The van der Waals surface area contributed by atoms with Crippen molar-refractivity contribution >= 4 is 5.97 Å². The van der Waals surface area contributed by atoms with E-state index in [1.54, 1.807) is 32.9 Å². The molecule has 0 bridgehead atoms. The second-order valence-corrected chi connectivity index (χ2v) is 3.73. The Morgan fingerprint density at radius 2 is 2.00 bits per heavy atom. The number of aryl methyl sites for hydroxylation is 1. The maximum absolute atomic E-state index is 10.8. The Kier molecular flexibility index (Phi) is 2.57. The molecule has 0 saturated heterocycles. The van der Waals surface area contributed by atoms with E-state index in [9.17, 15) is 9.90 Å². The monoisotopic (exact) mass is 195 g/mol. The Balaban J connectivity index is 3.27. The predicted octanol–water partition coefficient (Wildman–Crippen LogP) is 1.32. The van der Waals surface area contributed by atoms with Crippen LogP contribution in [0.2, 0.25) is 0 Å². The molecule has 1 aromatic heterocycles. The van der Waals surface area contributed by atoms with Crippen molar-refractivity contribution in [3.63, 3.8) is 0 Å². The van der Waals surface area contributed by atoms with Crippen LogP contribution in [-0.2, 0) is 5.60 Å². The number of hydrogen-bond acceptors (Lipinski definition) is 3. The zero-order chi connectivity index (χ0) is 10.9. The van der Waals surface area contributed by atoms with Crippen LogP contribution in [0.15, 0.2) is 12.1 Å². The lowest BCUT2D eigenvalue weighted by atomic mass is 10.0. The van der Waals surface area contributed by atoms with Crippen molar-refractivity contribution in [2.24, 2.45) is 0 Å². The van der Waals surface area contributed by atoms with Gasteiger partial charge in [0.15, 0.2) is 5.69 Å². The third-order valence-corrected chi connectivity index (χ3v) is 1.93. The first-order chi connectivity index (χ1) is 6.32. The maximum Gasteiger partial charge on any atom is 0.354 e. The van der Waals surface area contributed by atoms with Crippen molar-refractivity contribution in [3.05, 3.63) is 29.1 Å². The van der Waals surface area contributed by atoms with Crippen molar-refractivity contribution in [2.75, 3.05) is 0 Å². The smallest absolute Gasteiger partial charge is 0.354 e. The quantitative estimate of drug-likeness (QED) is 0.746. The summed E-state index contributed by atoms with van der Waals surface area (Å²) in [4.78, 5) is 14.7. The normalized spacial score (nSPS) is 11.4. The number of aromatic nitrogens is 1. The summed E-state index contributed by atoms with van der Waals surface area (Å²) < 4.78 is 0. The van der Waals surface area contributed by atoms with Crippen LogP contribution in [0.3, 0.4) is 0 Å². The lowest BCUT2D eigenvalue weighted by Gasteiger charge is -2.17. The number of aliphatic hydroxyl groups is 1. The summed E-state index contributed by atoms with van der Waals surface area (Å²) in [5.41, 5.74) is -0.173. The van der Waals surface area contributed by atoms with Gasteiger partial charge in [0.05, 0.1) is 5.69 Å². The highest BCUT2D eigenvalue weighted by molar-refractivity contribution is 5.87. The molecule has 0 aliphatic carbocycles. The van der Waals surface area contributed by atoms with Gasteiger partial charge in [0.2, 0.25) is 0 Å². The highest BCUT2D eigenvalue weighted by atomic mass is 16.4. The standard InChI is InChI=1S/C10H13NO3/c1-6-4-5-7(10(2,3)14)11-8(6)9(12)13/h4-5,14H,1-3H3,(H,12,13). The first kappa shape index (κ1) is 10.7. The van der Waals surface area contributed by atoms with Crippen molar-refractivity contribution < 1.29 is 15.0 Å². The van der Waals surface area contributed by atoms with Crippen LogP contribution in [0.4, 0.5) is 0 Å². The Hall–Kier alpha value is -1.42. The lowest BCUT2D eigenvalue weighted by Crippen LogP contribution is -2.19. The van der Waals surface area contributed by atoms with E-state index in [4.69, 9.17) is 5.11 Å². The number of carboxylic acid groups (broad SMARTS) is 1. The number of hydrogen-bond donors (Lipinski definition) is 2. The molecule has 0 aromatic carbocycles. The second-order valence-electron chi connectivity index (χ2n) is 3.73. The van der Waals surface area contributed by atoms with Crippen LogP contribution in [0.5, 0.6) is 0 Å². The first-order valence-corrected chi connectivity index (χ1v) is 4.26. The Morgan fingerprint density at radius 1 is 1.43 bits per heavy atom. The van der Waals surface area contributed by atoms with Crippen LogP contribution in [0.1, 0.15) is 35.6 Å². The fraction of sp³-hybridized carbons (Fsp3) is 0.400. The van der Waals surface area contributed by atoms with E-state index in [-0.39, 0.29) is 5.69 Å². The SMILES string of the molecule is Cc1ccc(C(C)(C)O)nc1C(=O)O. The maximum atomic E-state index is 10.8. The largest absolute Gasteiger partial charge is 0.477 e. The van der Waals surface area contributed by atoms with E-state index in [2.05, 4.69) is 4.98 Å². The van der Waals surface area contributed by atoms with Crippen LogP contribution < -0.4 is 0 Å². The molecule has 0 aliphatic rings. The van der Waals surface area contributed by atoms with E-state index in [0.717, 1.165) is 0 Å². The molecule has 1 heterocycles. The zero-order valence-electron chi connectivity index (χ0n) is 8.40. The number of rotatable bonds is 2. The van der Waals surface area contributed by atoms with Crippen LogP contribution in [-0.4, -0.2) is 21.2 Å². The molecule has 0 fully saturated rings. The molecule has 0 aliphatic heterocycles. The Labute approximate surface area is 82.2 Å². The third kappa shape index (κ3) is 2.09. The molecule has 0 spiro atoms. The van der Waals surface area contributed by atoms with Crippen molar-refractivity contribution in [1.82, 2.24) is 4.98 Å². The fourth-order valence-corrected chi connectivity index (χ4v) is 1.09. The van der Waals surface area contributed by atoms with Crippen molar-refractivity contribution in [2.45, 2.75) is 26.4 Å². The molecule has 4 nitrogen and oxygen atoms in total. The highest BCUT2D eigenvalue weighted by Crippen LogP contribution is 2.18. The van der Waals surface area contributed by atoms with Gasteiger partial charge >= 0.3 is 5.97 Å². The van der Waals surface area contributed by atoms with Gasteiger partial charge < -0.3 is 10.2 Å². The van der Waals surface area contributed by atoms with Gasteiger partial charge in [-0.05, 0) is 32.4 Å². The highest BCUT2D eigenvalue weighted by Gasteiger charge is 2.20. The van der Waals surface area contributed by atoms with E-state index in [0.29, 0.717) is 11.3 Å². The molecule has 1 rings (SSSR count). The Morgan fingerprint density at radius 3 is 2.43 bits per heavy atom. The molecule has 4 heteroatoms. The summed E-state index contributed by atoms with van der Waals surface area (Å²) in [6.07, 6.45) is 0. The van der Waals surface area contributed by atoms with Crippen molar-refractivity contribution in [1.29, 1.82) is 0 Å². The molecule has 14 heavy (non-hydrogen) atoms. The predicted molar refractivity (Wildman–Crippen MR) is 51.2 cm³/mol. The topological polar surface area (TPSA) is 70.4 Å². The fourth-order valence-electron chi connectivity index (χ4n) is 1.09. The molecule has 0 radical (unpaired) electrons. The number of aromatic carboxylic acids is 1. The van der Waals surface area contributed by atoms with Crippen LogP contribution in [0.25, 0.3) is 0 Å². The molecule has 2 N–H and O–H groups in total. The molecule has 76 valence electrons. The molecular formula is C10H13NO3. The minimum atomic E-state index is -1.11. The Bertz CT molecular complexity index is 366. The van der Waals surface area contributed by atoms with Gasteiger partial charge in [-0.1, -0.05) is 6.07 Å². The molecule has 0 saturated carbocycles. The van der Waals surface area contributed by atoms with Gasteiger partial charge in [-0.25, -0.2) is 9.78 Å². The lowest BCUT2D eigenvalue weighted by molar-refractivity contribution is 0.0670. The average Bonchev–Trinajstić information content (AvgIpc) is 2.02. The van der Waals surface area contributed by atoms with Crippen LogP contribution >= 0.6 is 0 Å². The summed E-state index contributed by atoms with van der Waals surface area (Å²) in [6.45, 7) is 4.80. The zero-order valence-corrected chi connectivity index (χ0v) is 8.40. The minimum Gasteiger partial charge on any atom is -0.477 e. The second kappa shape index (κ2) is 3.38. The summed E-state index contributed by atoms with van der Waals surface area (Å²) >= 11 is 0. The van der Waals surface area contributed by atoms with E-state index in [1.807, 2.05) is 0 Å². The summed E-state index contributed by atoms with van der Waals surface area (Å²) in [6, 6.07) is 3.27. The van der Waals surface area contributed by atoms with E-state index >= 15 is 0 Å². The summed E-state index contributed by atoms with van der Waals surface area (Å²) in [5, 5.41) is 18.4. The van der Waals surface area contributed by atoms with Gasteiger partial charge in [-0.15, -0.1) is 0 Å². The molecule has 0 amide bonds. The number of carbonyl (C=O) groups is 1. The molecule has 0 atom stereocenters. The van der Waals surface area contributed by atoms with Gasteiger partial charge in [-0.3, -0.25) is 0 Å². The summed E-state index contributed by atoms with van der Waals surface area (Å²) in [5.74, 6) is -1.08. The van der Waals surface area contributed by atoms with Crippen molar-refractivity contribution in [3.8, 4) is 0 Å². The number of carboxylic acids is 1. The van der Waals surface area contributed by atoms with Gasteiger partial charge in [0, 0.05) is 0 Å². The van der Waals surface area contributed by atoms with Crippen LogP contribution in [0, 0.1) is 6.92 Å². The van der Waals surface area contributed by atoms with Gasteiger partial charge in [0.1, 0.15) is 5.60 Å². The number of nitrogens with zero attached hydrogens (tertiary/aromatic N) is 1. The molecule has 1 aromatic rings. The van der Waals surface area contributed by atoms with E-state index < -0.39 is 11.6 Å². The van der Waals surface area contributed by atoms with Gasteiger partial charge in [-0.2, -0.15) is 0 Å². The molecular weight excluding hydrogens is 182 g/mol. The number of pyridine rings is 1. The van der Waals surface area contributed by atoms with Gasteiger partial charge in [0.25, 0.3) is 0 Å². The average molecular weight is 195 g/mol. The minimum absolute atomic E-state index is 0.00961. The third-order valence-electron chi connectivity index (χ3n) is 1.93.